The first-order valence-electron chi connectivity index (χ1n) is 4.11. The molecule has 0 heterocycles. The third-order valence-corrected chi connectivity index (χ3v) is 2.77. The van der Waals surface area contributed by atoms with Crippen molar-refractivity contribution in [2.45, 2.75) is 39.0 Å². The fourth-order valence-electron chi connectivity index (χ4n) is 1.65. The molecule has 0 spiro atoms. The van der Waals surface area contributed by atoms with E-state index in [0.29, 0.717) is 0 Å². The summed E-state index contributed by atoms with van der Waals surface area (Å²) in [4.78, 5) is 0. The Balaban J connectivity index is 2.39. The zero-order valence-electron chi connectivity index (χ0n) is 6.57. The topological polar surface area (TPSA) is 0 Å². The largest absolute Gasteiger partial charge is 0.0930 e. The predicted molar refractivity (Wildman–Crippen MR) is 46.2 cm³/mol. The molecule has 0 aromatic carbocycles. The van der Waals surface area contributed by atoms with Crippen molar-refractivity contribution < 1.29 is 0 Å². The van der Waals surface area contributed by atoms with E-state index < -0.39 is 0 Å². The van der Waals surface area contributed by atoms with Crippen LogP contribution in [0.1, 0.15) is 39.0 Å². The van der Waals surface area contributed by atoms with E-state index in [9.17, 15) is 0 Å². The highest BCUT2D eigenvalue weighted by Crippen LogP contribution is 2.29. The van der Waals surface area contributed by atoms with Crippen molar-refractivity contribution >= 4 is 11.6 Å². The summed E-state index contributed by atoms with van der Waals surface area (Å²) in [7, 11) is 0. The highest BCUT2D eigenvalue weighted by molar-refractivity contribution is 6.25. The molecule has 1 heteroatoms. The summed E-state index contributed by atoms with van der Waals surface area (Å²) in [5, 5.41) is 0. The van der Waals surface area contributed by atoms with Gasteiger partial charge in [0.05, 0.1) is 0 Å². The van der Waals surface area contributed by atoms with E-state index in [2.05, 4.69) is 6.92 Å². The Morgan fingerprint density at radius 1 is 1.30 bits per heavy atom. The van der Waals surface area contributed by atoms with Crippen molar-refractivity contribution in [3.8, 4) is 0 Å². The molecule has 0 radical (unpaired) electrons. The molecule has 0 amide bonds. The third kappa shape index (κ3) is 2.02. The third-order valence-electron chi connectivity index (χ3n) is 2.42. The van der Waals surface area contributed by atoms with Gasteiger partial charge in [-0.2, -0.15) is 0 Å². The van der Waals surface area contributed by atoms with E-state index in [-0.39, 0.29) is 0 Å². The first-order chi connectivity index (χ1) is 4.84. The molecule has 1 fully saturated rings. The number of rotatable bonds is 1. The fraction of sp³-hybridized carbons (Fsp3) is 0.778. The lowest BCUT2D eigenvalue weighted by Gasteiger charge is -2.21. The minimum absolute atomic E-state index is 0.797. The van der Waals surface area contributed by atoms with Gasteiger partial charge in [0.15, 0.2) is 0 Å². The first kappa shape index (κ1) is 8.13. The van der Waals surface area contributed by atoms with Gasteiger partial charge in [-0.1, -0.05) is 36.4 Å². The van der Waals surface area contributed by atoms with Gasteiger partial charge in [-0.3, -0.25) is 0 Å². The van der Waals surface area contributed by atoms with E-state index in [1.165, 1.54) is 37.7 Å². The fourth-order valence-corrected chi connectivity index (χ4v) is 1.83. The van der Waals surface area contributed by atoms with Crippen LogP contribution in [0.2, 0.25) is 0 Å². The molecule has 0 aromatic heterocycles. The van der Waals surface area contributed by atoms with Gasteiger partial charge in [0, 0.05) is 5.54 Å². The molecular weight excluding hydrogens is 144 g/mol. The monoisotopic (exact) mass is 158 g/mol. The lowest BCUT2D eigenvalue weighted by atomic mass is 9.85. The van der Waals surface area contributed by atoms with Crippen LogP contribution < -0.4 is 0 Å². The minimum atomic E-state index is 0.797. The molecule has 1 saturated carbocycles. The molecule has 10 heavy (non-hydrogen) atoms. The van der Waals surface area contributed by atoms with Crippen molar-refractivity contribution in [1.82, 2.24) is 0 Å². The SMILES string of the molecule is C/C(=C/Cl)C1CCCCC1. The van der Waals surface area contributed by atoms with Crippen LogP contribution >= 0.6 is 11.6 Å². The Hall–Kier alpha value is 0.0300. The van der Waals surface area contributed by atoms with Crippen LogP contribution in [0.15, 0.2) is 11.1 Å². The molecule has 58 valence electrons. The van der Waals surface area contributed by atoms with Crippen LogP contribution in [0.3, 0.4) is 0 Å². The zero-order valence-corrected chi connectivity index (χ0v) is 7.32. The molecule has 0 N–H and O–H groups in total. The van der Waals surface area contributed by atoms with Gasteiger partial charge in [-0.05, 0) is 25.7 Å². The van der Waals surface area contributed by atoms with Crippen molar-refractivity contribution in [3.63, 3.8) is 0 Å². The molecule has 0 aliphatic heterocycles. The summed E-state index contributed by atoms with van der Waals surface area (Å²) < 4.78 is 0. The van der Waals surface area contributed by atoms with E-state index in [1.54, 1.807) is 5.54 Å². The van der Waals surface area contributed by atoms with Crippen molar-refractivity contribution in [1.29, 1.82) is 0 Å². The number of hydrogen-bond donors (Lipinski definition) is 0. The number of halogens is 1. The normalized spacial score (nSPS) is 23.2. The molecule has 1 rings (SSSR count). The second kappa shape index (κ2) is 4.02. The van der Waals surface area contributed by atoms with Crippen LogP contribution in [0, 0.1) is 5.92 Å². The Kier molecular flexibility index (Phi) is 3.27. The molecule has 1 aliphatic carbocycles. The number of allylic oxidation sites excluding steroid dienone is 1. The maximum absolute atomic E-state index is 5.62. The quantitative estimate of drug-likeness (QED) is 0.546. The zero-order chi connectivity index (χ0) is 7.40. The smallest absolute Gasteiger partial charge is 0.00344 e. The average molecular weight is 159 g/mol. The average Bonchev–Trinajstić information content (AvgIpc) is 2.05. The summed E-state index contributed by atoms with van der Waals surface area (Å²) in [6.45, 7) is 2.14. The molecule has 0 aromatic rings. The van der Waals surface area contributed by atoms with Gasteiger partial charge < -0.3 is 0 Å². The van der Waals surface area contributed by atoms with Crippen LogP contribution in [0.5, 0.6) is 0 Å². The molecule has 1 aliphatic rings. The Morgan fingerprint density at radius 3 is 2.40 bits per heavy atom. The van der Waals surface area contributed by atoms with E-state index in [0.717, 1.165) is 5.92 Å². The molecular formula is C9H15Cl. The standard InChI is InChI=1S/C9H15Cl/c1-8(7-10)9-5-3-2-4-6-9/h7,9H,2-6H2,1H3/b8-7-. The minimum Gasteiger partial charge on any atom is -0.0930 e. The molecule has 0 atom stereocenters. The maximum atomic E-state index is 5.62. The molecule has 0 unspecified atom stereocenters. The lowest BCUT2D eigenvalue weighted by Crippen LogP contribution is -2.06. The van der Waals surface area contributed by atoms with E-state index in [1.807, 2.05) is 0 Å². The summed E-state index contributed by atoms with van der Waals surface area (Å²) in [6.07, 6.45) is 6.93. The Morgan fingerprint density at radius 2 is 1.90 bits per heavy atom. The summed E-state index contributed by atoms with van der Waals surface area (Å²) >= 11 is 5.62. The summed E-state index contributed by atoms with van der Waals surface area (Å²) in [6, 6.07) is 0. The highest BCUT2D eigenvalue weighted by Gasteiger charge is 2.13. The lowest BCUT2D eigenvalue weighted by molar-refractivity contribution is 0.403. The molecule has 0 nitrogen and oxygen atoms in total. The highest BCUT2D eigenvalue weighted by atomic mass is 35.5. The van der Waals surface area contributed by atoms with E-state index in [4.69, 9.17) is 11.6 Å². The van der Waals surface area contributed by atoms with Crippen LogP contribution in [-0.4, -0.2) is 0 Å². The predicted octanol–water partition coefficient (Wildman–Crippen LogP) is 3.71. The summed E-state index contributed by atoms with van der Waals surface area (Å²) in [5.41, 5.74) is 3.12. The van der Waals surface area contributed by atoms with Gasteiger partial charge in [0.25, 0.3) is 0 Å². The second-order valence-corrected chi connectivity index (χ2v) is 3.41. The maximum Gasteiger partial charge on any atom is 0.00344 e. The number of hydrogen-bond acceptors (Lipinski definition) is 0. The Labute approximate surface area is 68.3 Å². The Bertz CT molecular complexity index is 121. The second-order valence-electron chi connectivity index (χ2n) is 3.19. The van der Waals surface area contributed by atoms with Crippen molar-refractivity contribution in [2.75, 3.05) is 0 Å². The molecule has 0 bridgehead atoms. The molecule has 0 saturated heterocycles. The van der Waals surface area contributed by atoms with Gasteiger partial charge in [0.1, 0.15) is 0 Å². The first-order valence-corrected chi connectivity index (χ1v) is 4.55. The van der Waals surface area contributed by atoms with E-state index >= 15 is 0 Å². The van der Waals surface area contributed by atoms with Gasteiger partial charge in [0.2, 0.25) is 0 Å². The van der Waals surface area contributed by atoms with Gasteiger partial charge in [-0.15, -0.1) is 0 Å². The van der Waals surface area contributed by atoms with Crippen LogP contribution in [0.25, 0.3) is 0 Å². The van der Waals surface area contributed by atoms with Crippen molar-refractivity contribution in [3.05, 3.63) is 11.1 Å². The van der Waals surface area contributed by atoms with Crippen LogP contribution in [0.4, 0.5) is 0 Å². The summed E-state index contributed by atoms with van der Waals surface area (Å²) in [5.74, 6) is 0.797. The van der Waals surface area contributed by atoms with Crippen molar-refractivity contribution in [2.24, 2.45) is 5.92 Å². The van der Waals surface area contributed by atoms with Gasteiger partial charge in [-0.25, -0.2) is 0 Å². The van der Waals surface area contributed by atoms with Gasteiger partial charge >= 0.3 is 0 Å². The van der Waals surface area contributed by atoms with Crippen LogP contribution in [-0.2, 0) is 0 Å².